The van der Waals surface area contributed by atoms with Crippen molar-refractivity contribution in [1.82, 2.24) is 24.5 Å². The Morgan fingerprint density at radius 1 is 1.21 bits per heavy atom. The lowest BCUT2D eigenvalue weighted by Gasteiger charge is -2.15. The summed E-state index contributed by atoms with van der Waals surface area (Å²) in [5, 5.41) is 19.0. The smallest absolute Gasteiger partial charge is 0.141 e. The normalized spacial score (nSPS) is 15.5. The molecule has 0 aliphatic heterocycles. The second kappa shape index (κ2) is 6.20. The van der Waals surface area contributed by atoms with E-state index in [1.54, 1.807) is 10.9 Å². The van der Waals surface area contributed by atoms with E-state index >= 15 is 0 Å². The molecule has 0 bridgehead atoms. The predicted molar refractivity (Wildman–Crippen MR) is 103 cm³/mol. The minimum Gasteiger partial charge on any atom is -0.484 e. The van der Waals surface area contributed by atoms with Gasteiger partial charge < -0.3 is 4.74 Å². The second-order valence-corrected chi connectivity index (χ2v) is 7.07. The third-order valence-corrected chi connectivity index (χ3v) is 5.18. The predicted octanol–water partition coefficient (Wildman–Crippen LogP) is 3.40. The molecule has 0 fully saturated rings. The van der Waals surface area contributed by atoms with Crippen molar-refractivity contribution in [2.24, 2.45) is 7.05 Å². The SMILES string of the molecule is Cc1nc2c(cc1C#N)CC[C@H]2Oc1ccc2cnn(-c3cnn(C)c3)c2c1. The molecule has 0 amide bonds. The molecule has 5 rings (SSSR count). The maximum absolute atomic E-state index is 9.22. The van der Waals surface area contributed by atoms with Crippen LogP contribution in [0.4, 0.5) is 0 Å². The number of hydrogen-bond acceptors (Lipinski definition) is 5. The molecule has 1 aliphatic rings. The zero-order valence-corrected chi connectivity index (χ0v) is 15.6. The summed E-state index contributed by atoms with van der Waals surface area (Å²) in [6, 6.07) is 10.1. The van der Waals surface area contributed by atoms with Gasteiger partial charge >= 0.3 is 0 Å². The highest BCUT2D eigenvalue weighted by molar-refractivity contribution is 5.81. The Morgan fingerprint density at radius 3 is 2.89 bits per heavy atom. The molecular weight excluding hydrogens is 352 g/mol. The summed E-state index contributed by atoms with van der Waals surface area (Å²) in [6.07, 6.45) is 7.17. The largest absolute Gasteiger partial charge is 0.484 e. The topological polar surface area (TPSA) is 81.6 Å². The van der Waals surface area contributed by atoms with Crippen molar-refractivity contribution in [3.05, 3.63) is 65.4 Å². The number of nitrogens with zero attached hydrogens (tertiary/aromatic N) is 6. The molecule has 138 valence electrons. The molecule has 7 heteroatoms. The number of pyridine rings is 1. The summed E-state index contributed by atoms with van der Waals surface area (Å²) >= 11 is 0. The first-order chi connectivity index (χ1) is 13.6. The van der Waals surface area contributed by atoms with Gasteiger partial charge in [0.15, 0.2) is 0 Å². The standard InChI is InChI=1S/C21H18N6O/c1-13-16(9-22)7-14-4-6-20(21(14)25-13)28-18-5-3-15-10-24-27(19(15)8-18)17-11-23-26(2)12-17/h3,5,7-8,10-12,20H,4,6H2,1-2H3/t20-/m1/s1. The number of hydrogen-bond donors (Lipinski definition) is 0. The van der Waals surface area contributed by atoms with Gasteiger partial charge in [-0.2, -0.15) is 15.5 Å². The van der Waals surface area contributed by atoms with Crippen LogP contribution >= 0.6 is 0 Å². The Morgan fingerprint density at radius 2 is 2.11 bits per heavy atom. The zero-order valence-electron chi connectivity index (χ0n) is 15.6. The summed E-state index contributed by atoms with van der Waals surface area (Å²) in [5.74, 6) is 0.778. The fourth-order valence-electron chi connectivity index (χ4n) is 3.75. The van der Waals surface area contributed by atoms with E-state index in [9.17, 15) is 5.26 Å². The van der Waals surface area contributed by atoms with E-state index in [0.717, 1.165) is 52.1 Å². The van der Waals surface area contributed by atoms with Crippen molar-refractivity contribution in [1.29, 1.82) is 5.26 Å². The van der Waals surface area contributed by atoms with Crippen LogP contribution in [0.25, 0.3) is 16.6 Å². The summed E-state index contributed by atoms with van der Waals surface area (Å²) in [7, 11) is 1.88. The molecule has 1 aliphatic carbocycles. The van der Waals surface area contributed by atoms with Gasteiger partial charge in [-0.1, -0.05) is 0 Å². The maximum atomic E-state index is 9.22. The summed E-state index contributed by atoms with van der Waals surface area (Å²) in [5.41, 5.74) is 5.31. The first kappa shape index (κ1) is 16.5. The van der Waals surface area contributed by atoms with E-state index in [1.807, 2.05) is 55.3 Å². The molecule has 4 aromatic rings. The van der Waals surface area contributed by atoms with Crippen molar-refractivity contribution in [3.63, 3.8) is 0 Å². The van der Waals surface area contributed by atoms with Crippen molar-refractivity contribution < 1.29 is 4.74 Å². The summed E-state index contributed by atoms with van der Waals surface area (Å²) in [4.78, 5) is 4.65. The molecule has 28 heavy (non-hydrogen) atoms. The fourth-order valence-corrected chi connectivity index (χ4v) is 3.75. The number of rotatable bonds is 3. The van der Waals surface area contributed by atoms with Crippen molar-refractivity contribution in [3.8, 4) is 17.5 Å². The van der Waals surface area contributed by atoms with Crippen LogP contribution in [0.2, 0.25) is 0 Å². The molecule has 0 N–H and O–H groups in total. The minimum atomic E-state index is -0.103. The van der Waals surface area contributed by atoms with E-state index in [0.29, 0.717) is 5.56 Å². The third-order valence-electron chi connectivity index (χ3n) is 5.18. The van der Waals surface area contributed by atoms with Crippen LogP contribution in [-0.2, 0) is 13.5 Å². The molecule has 0 unspecified atom stereocenters. The molecule has 0 saturated heterocycles. The zero-order chi connectivity index (χ0) is 19.3. The van der Waals surface area contributed by atoms with Gasteiger partial charge in [0.05, 0.1) is 41.1 Å². The monoisotopic (exact) mass is 370 g/mol. The van der Waals surface area contributed by atoms with Crippen LogP contribution in [0, 0.1) is 18.3 Å². The molecule has 7 nitrogen and oxygen atoms in total. The number of fused-ring (bicyclic) bond motifs is 2. The lowest BCUT2D eigenvalue weighted by atomic mass is 10.1. The quantitative estimate of drug-likeness (QED) is 0.552. The van der Waals surface area contributed by atoms with Crippen LogP contribution in [0.3, 0.4) is 0 Å². The third kappa shape index (κ3) is 2.62. The first-order valence-electron chi connectivity index (χ1n) is 9.16. The van der Waals surface area contributed by atoms with Gasteiger partial charge in [-0.05, 0) is 43.5 Å². The summed E-state index contributed by atoms with van der Waals surface area (Å²) < 4.78 is 9.91. The Kier molecular flexibility index (Phi) is 3.66. The summed E-state index contributed by atoms with van der Waals surface area (Å²) in [6.45, 7) is 1.87. The van der Waals surface area contributed by atoms with Gasteiger partial charge in [0, 0.05) is 18.5 Å². The second-order valence-electron chi connectivity index (χ2n) is 7.07. The lowest BCUT2D eigenvalue weighted by Crippen LogP contribution is -2.07. The van der Waals surface area contributed by atoms with Crippen molar-refractivity contribution in [2.75, 3.05) is 0 Å². The average Bonchev–Trinajstić information content (AvgIpc) is 3.40. The number of nitriles is 1. The lowest BCUT2D eigenvalue weighted by molar-refractivity contribution is 0.203. The van der Waals surface area contributed by atoms with E-state index in [2.05, 4.69) is 21.3 Å². The molecule has 3 heterocycles. The van der Waals surface area contributed by atoms with Gasteiger partial charge in [-0.15, -0.1) is 0 Å². The number of benzene rings is 1. The molecule has 1 aromatic carbocycles. The minimum absolute atomic E-state index is 0.103. The van der Waals surface area contributed by atoms with Gasteiger partial charge in [0.2, 0.25) is 0 Å². The van der Waals surface area contributed by atoms with E-state index < -0.39 is 0 Å². The van der Waals surface area contributed by atoms with Crippen LogP contribution in [-0.4, -0.2) is 24.5 Å². The van der Waals surface area contributed by atoms with E-state index in [1.165, 1.54) is 0 Å². The Labute approximate surface area is 161 Å². The maximum Gasteiger partial charge on any atom is 0.141 e. The van der Waals surface area contributed by atoms with Gasteiger partial charge in [-0.25, -0.2) is 4.68 Å². The average molecular weight is 370 g/mol. The van der Waals surface area contributed by atoms with Gasteiger partial charge in [-0.3, -0.25) is 9.67 Å². The fraction of sp³-hybridized carbons (Fsp3) is 0.238. The van der Waals surface area contributed by atoms with E-state index in [4.69, 9.17) is 4.74 Å². The molecular formula is C21H18N6O. The highest BCUT2D eigenvalue weighted by atomic mass is 16.5. The first-order valence-corrected chi connectivity index (χ1v) is 9.16. The van der Waals surface area contributed by atoms with Crippen molar-refractivity contribution >= 4 is 10.9 Å². The molecule has 0 radical (unpaired) electrons. The molecule has 0 saturated carbocycles. The van der Waals surface area contributed by atoms with Gasteiger partial charge in [0.25, 0.3) is 0 Å². The van der Waals surface area contributed by atoms with Gasteiger partial charge in [0.1, 0.15) is 23.6 Å². The number of aromatic nitrogens is 5. The number of ether oxygens (including phenoxy) is 1. The Balaban J connectivity index is 1.49. The Hall–Kier alpha value is -3.66. The van der Waals surface area contributed by atoms with Crippen LogP contribution in [0.15, 0.2) is 42.9 Å². The van der Waals surface area contributed by atoms with Crippen molar-refractivity contribution in [2.45, 2.75) is 25.9 Å². The molecule has 1 atom stereocenters. The Bertz CT molecular complexity index is 1250. The highest BCUT2D eigenvalue weighted by Crippen LogP contribution is 2.35. The number of aryl methyl sites for hydroxylation is 3. The van der Waals surface area contributed by atoms with Crippen LogP contribution < -0.4 is 4.74 Å². The molecule has 3 aromatic heterocycles. The van der Waals surface area contributed by atoms with E-state index in [-0.39, 0.29) is 6.10 Å². The highest BCUT2D eigenvalue weighted by Gasteiger charge is 2.27. The molecule has 0 spiro atoms. The van der Waals surface area contributed by atoms with Crippen LogP contribution in [0.5, 0.6) is 5.75 Å². The van der Waals surface area contributed by atoms with Crippen LogP contribution in [0.1, 0.15) is 35.0 Å².